The number of thiazole rings is 1. The second kappa shape index (κ2) is 7.80. The third-order valence-electron chi connectivity index (χ3n) is 4.65. The van der Waals surface area contributed by atoms with Crippen molar-refractivity contribution in [3.8, 4) is 11.3 Å². The molecule has 2 heterocycles. The van der Waals surface area contributed by atoms with E-state index in [0.29, 0.717) is 5.95 Å². The van der Waals surface area contributed by atoms with E-state index in [4.69, 9.17) is 5.73 Å². The minimum Gasteiger partial charge on any atom is -0.350 e. The van der Waals surface area contributed by atoms with E-state index >= 15 is 0 Å². The van der Waals surface area contributed by atoms with Gasteiger partial charge in [0, 0.05) is 34.9 Å². The first-order valence-corrected chi connectivity index (χ1v) is 9.83. The molecule has 1 aliphatic rings. The van der Waals surface area contributed by atoms with Crippen molar-refractivity contribution in [2.45, 2.75) is 37.8 Å². The van der Waals surface area contributed by atoms with E-state index in [0.717, 1.165) is 35.6 Å². The molecular weight excluding hydrogens is 344 g/mol. The highest BCUT2D eigenvalue weighted by atomic mass is 32.1. The molecule has 3 aromatic rings. The van der Waals surface area contributed by atoms with Gasteiger partial charge >= 0.3 is 0 Å². The van der Waals surface area contributed by atoms with Gasteiger partial charge in [-0.25, -0.2) is 9.97 Å². The fraction of sp³-hybridized carbons (Fsp3) is 0.316. The number of hydrogen-bond donors (Lipinski definition) is 3. The Morgan fingerprint density at radius 2 is 2.04 bits per heavy atom. The average molecular weight is 366 g/mol. The summed E-state index contributed by atoms with van der Waals surface area (Å²) in [6.45, 7) is 0. The molecule has 0 aliphatic heterocycles. The maximum Gasteiger partial charge on any atom is 0.224 e. The Morgan fingerprint density at radius 1 is 1.12 bits per heavy atom. The highest BCUT2D eigenvalue weighted by molar-refractivity contribution is 7.07. The smallest absolute Gasteiger partial charge is 0.224 e. The number of nitrogens with one attached hydrogen (secondary N) is 2. The summed E-state index contributed by atoms with van der Waals surface area (Å²) >= 11 is 1.59. The number of benzene rings is 1. The van der Waals surface area contributed by atoms with Crippen LogP contribution in [0.2, 0.25) is 0 Å². The number of aromatic nitrogens is 3. The van der Waals surface area contributed by atoms with Crippen molar-refractivity contribution in [3.05, 3.63) is 47.4 Å². The van der Waals surface area contributed by atoms with E-state index in [9.17, 15) is 0 Å². The van der Waals surface area contributed by atoms with Gasteiger partial charge in [0.2, 0.25) is 5.95 Å². The third kappa shape index (κ3) is 4.00. The van der Waals surface area contributed by atoms with E-state index in [1.54, 1.807) is 17.5 Å². The van der Waals surface area contributed by atoms with Crippen molar-refractivity contribution in [2.24, 2.45) is 5.73 Å². The number of rotatable bonds is 5. The quantitative estimate of drug-likeness (QED) is 0.632. The number of nitrogens with two attached hydrogens (primary N) is 1. The summed E-state index contributed by atoms with van der Waals surface area (Å²) in [4.78, 5) is 13.3. The Balaban J connectivity index is 1.48. The second-order valence-electron chi connectivity index (χ2n) is 6.54. The van der Waals surface area contributed by atoms with Gasteiger partial charge in [0.05, 0.1) is 11.2 Å². The summed E-state index contributed by atoms with van der Waals surface area (Å²) < 4.78 is 0. The first kappa shape index (κ1) is 16.9. The van der Waals surface area contributed by atoms with Crippen LogP contribution >= 0.6 is 11.3 Å². The lowest BCUT2D eigenvalue weighted by Crippen LogP contribution is -2.42. The summed E-state index contributed by atoms with van der Waals surface area (Å²) in [7, 11) is 0. The van der Waals surface area contributed by atoms with Crippen LogP contribution in [-0.4, -0.2) is 27.0 Å². The van der Waals surface area contributed by atoms with Crippen LogP contribution in [0, 0.1) is 0 Å². The summed E-state index contributed by atoms with van der Waals surface area (Å²) in [6.07, 6.45) is 6.29. The molecule has 1 aromatic carbocycles. The van der Waals surface area contributed by atoms with Crippen LogP contribution in [0.1, 0.15) is 25.7 Å². The normalized spacial score (nSPS) is 19.9. The molecule has 26 heavy (non-hydrogen) atoms. The van der Waals surface area contributed by atoms with Gasteiger partial charge in [-0.1, -0.05) is 25.0 Å². The Kier molecular flexibility index (Phi) is 5.08. The Morgan fingerprint density at radius 3 is 2.88 bits per heavy atom. The zero-order chi connectivity index (χ0) is 17.8. The minimum atomic E-state index is 0.166. The van der Waals surface area contributed by atoms with Crippen LogP contribution in [0.4, 0.5) is 17.5 Å². The van der Waals surface area contributed by atoms with Gasteiger partial charge in [-0.05, 0) is 31.0 Å². The second-order valence-corrected chi connectivity index (χ2v) is 7.26. The standard InChI is InChI=1S/C19H22N6S/c20-15-6-1-2-7-16(15)24-19-21-9-8-18(25-19)23-14-5-3-4-13(10-14)17-11-26-12-22-17/h3-5,8-12,15-16H,1-2,6-7,20H2,(H2,21,23,24,25)/t15-,16+/m0/s1. The van der Waals surface area contributed by atoms with Crippen LogP contribution in [0.3, 0.4) is 0 Å². The van der Waals surface area contributed by atoms with Crippen molar-refractivity contribution < 1.29 is 0 Å². The summed E-state index contributed by atoms with van der Waals surface area (Å²) in [6, 6.07) is 10.4. The Bertz CT molecular complexity index is 851. The fourth-order valence-electron chi connectivity index (χ4n) is 3.26. The summed E-state index contributed by atoms with van der Waals surface area (Å²) in [5.74, 6) is 1.37. The summed E-state index contributed by atoms with van der Waals surface area (Å²) in [5.41, 5.74) is 11.1. The van der Waals surface area contributed by atoms with Gasteiger partial charge in [-0.15, -0.1) is 11.3 Å². The lowest BCUT2D eigenvalue weighted by Gasteiger charge is -2.29. The molecule has 2 atom stereocenters. The molecule has 4 rings (SSSR count). The molecule has 1 aliphatic carbocycles. The fourth-order valence-corrected chi connectivity index (χ4v) is 3.82. The molecule has 0 radical (unpaired) electrons. The molecule has 4 N–H and O–H groups in total. The first-order valence-electron chi connectivity index (χ1n) is 8.89. The molecule has 134 valence electrons. The van der Waals surface area contributed by atoms with Gasteiger partial charge in [0.15, 0.2) is 0 Å². The van der Waals surface area contributed by atoms with Crippen LogP contribution in [0.15, 0.2) is 47.4 Å². The predicted octanol–water partition coefficient (Wildman–Crippen LogP) is 4.03. The number of hydrogen-bond acceptors (Lipinski definition) is 7. The zero-order valence-electron chi connectivity index (χ0n) is 14.4. The van der Waals surface area contributed by atoms with Crippen molar-refractivity contribution in [1.82, 2.24) is 15.0 Å². The highest BCUT2D eigenvalue weighted by Gasteiger charge is 2.22. The predicted molar refractivity (Wildman–Crippen MR) is 107 cm³/mol. The number of nitrogens with zero attached hydrogens (tertiary/aromatic N) is 3. The Hall–Kier alpha value is -2.51. The molecule has 0 saturated heterocycles. The lowest BCUT2D eigenvalue weighted by molar-refractivity contribution is 0.402. The zero-order valence-corrected chi connectivity index (χ0v) is 15.2. The third-order valence-corrected chi connectivity index (χ3v) is 5.24. The highest BCUT2D eigenvalue weighted by Crippen LogP contribution is 2.25. The maximum absolute atomic E-state index is 6.21. The van der Waals surface area contributed by atoms with Gasteiger partial charge in [0.1, 0.15) is 5.82 Å². The molecule has 1 saturated carbocycles. The van der Waals surface area contributed by atoms with Crippen molar-refractivity contribution >= 4 is 28.8 Å². The Labute approximate surface area is 156 Å². The molecule has 6 nitrogen and oxygen atoms in total. The molecular formula is C19H22N6S. The molecule has 7 heteroatoms. The molecule has 1 fully saturated rings. The van der Waals surface area contributed by atoms with E-state index < -0.39 is 0 Å². The van der Waals surface area contributed by atoms with E-state index in [2.05, 4.69) is 37.7 Å². The summed E-state index contributed by atoms with van der Waals surface area (Å²) in [5, 5.41) is 8.78. The van der Waals surface area contributed by atoms with Crippen molar-refractivity contribution in [3.63, 3.8) is 0 Å². The van der Waals surface area contributed by atoms with Gasteiger partial charge in [0.25, 0.3) is 0 Å². The van der Waals surface area contributed by atoms with Crippen LogP contribution < -0.4 is 16.4 Å². The van der Waals surface area contributed by atoms with Crippen LogP contribution in [0.25, 0.3) is 11.3 Å². The minimum absolute atomic E-state index is 0.166. The van der Waals surface area contributed by atoms with Gasteiger partial charge in [-0.3, -0.25) is 0 Å². The SMILES string of the molecule is N[C@H]1CCCC[C@H]1Nc1nccc(Nc2cccc(-c3cscn3)c2)n1. The van der Waals surface area contributed by atoms with Gasteiger partial charge in [-0.2, -0.15) is 4.98 Å². The molecule has 0 unspecified atom stereocenters. The van der Waals surface area contributed by atoms with Crippen molar-refractivity contribution in [2.75, 3.05) is 10.6 Å². The van der Waals surface area contributed by atoms with Crippen molar-refractivity contribution in [1.29, 1.82) is 0 Å². The lowest BCUT2D eigenvalue weighted by atomic mass is 9.91. The number of anilines is 3. The topological polar surface area (TPSA) is 88.8 Å². The largest absolute Gasteiger partial charge is 0.350 e. The first-order chi connectivity index (χ1) is 12.8. The molecule has 2 aromatic heterocycles. The maximum atomic E-state index is 6.21. The van der Waals surface area contributed by atoms with Crippen LogP contribution in [0.5, 0.6) is 0 Å². The van der Waals surface area contributed by atoms with E-state index in [1.165, 1.54) is 12.8 Å². The molecule has 0 amide bonds. The van der Waals surface area contributed by atoms with Gasteiger partial charge < -0.3 is 16.4 Å². The average Bonchev–Trinajstić information content (AvgIpc) is 3.19. The van der Waals surface area contributed by atoms with E-state index in [1.807, 2.05) is 29.1 Å². The van der Waals surface area contributed by atoms with Crippen LogP contribution in [-0.2, 0) is 0 Å². The molecule has 0 bridgehead atoms. The monoisotopic (exact) mass is 366 g/mol. The molecule has 0 spiro atoms. The van der Waals surface area contributed by atoms with E-state index in [-0.39, 0.29) is 12.1 Å².